The summed E-state index contributed by atoms with van der Waals surface area (Å²) in [4.78, 5) is 54.5. The van der Waals surface area contributed by atoms with Gasteiger partial charge in [0.2, 0.25) is 5.91 Å². The van der Waals surface area contributed by atoms with Gasteiger partial charge in [-0.15, -0.1) is 9.29 Å². The number of piperidine rings is 1. The van der Waals surface area contributed by atoms with Crippen molar-refractivity contribution in [2.24, 2.45) is 17.8 Å². The minimum Gasteiger partial charge on any atom is -0.321 e. The van der Waals surface area contributed by atoms with E-state index in [1.165, 1.54) is 24.3 Å². The van der Waals surface area contributed by atoms with Crippen molar-refractivity contribution in [1.29, 1.82) is 0 Å². The number of hydroxylamine groups is 2. The molecule has 0 bridgehead atoms. The zero-order valence-corrected chi connectivity index (χ0v) is 26.5. The summed E-state index contributed by atoms with van der Waals surface area (Å²) in [6, 6.07) is 14.1. The number of imide groups is 1. The van der Waals surface area contributed by atoms with E-state index in [4.69, 9.17) is 4.28 Å². The Labute approximate surface area is 263 Å². The molecule has 0 radical (unpaired) electrons. The number of hydrogen-bond donors (Lipinski definition) is 4. The lowest BCUT2D eigenvalue weighted by molar-refractivity contribution is -0.210. The maximum atomic E-state index is 14.5. The molecule has 0 unspecified atom stereocenters. The molecule has 0 saturated carbocycles. The molecule has 2 saturated heterocycles. The molecule has 244 valence electrons. The highest BCUT2D eigenvalue weighted by atomic mass is 32.2. The second-order valence-corrected chi connectivity index (χ2v) is 13.6. The van der Waals surface area contributed by atoms with Gasteiger partial charge in [-0.2, -0.15) is 8.42 Å². The molecule has 0 aliphatic carbocycles. The van der Waals surface area contributed by atoms with Crippen LogP contribution in [0.25, 0.3) is 0 Å². The topological polar surface area (TPSA) is 174 Å². The molecule has 1 spiro atoms. The average Bonchev–Trinajstić information content (AvgIpc) is 3.25. The summed E-state index contributed by atoms with van der Waals surface area (Å²) < 4.78 is 32.4. The van der Waals surface area contributed by atoms with Crippen LogP contribution in [-0.4, -0.2) is 66.2 Å². The Hall–Kier alpha value is -3.85. The smallest absolute Gasteiger partial charge is 0.321 e. The number of amides is 5. The number of carbonyl (C=O) groups excluding carboxylic acids is 4. The first-order valence-corrected chi connectivity index (χ1v) is 16.5. The second-order valence-electron chi connectivity index (χ2n) is 12.0. The third kappa shape index (κ3) is 7.87. The molecular formula is C31H41N5O8S. The summed E-state index contributed by atoms with van der Waals surface area (Å²) in [5, 5.41) is 16.0. The van der Waals surface area contributed by atoms with Crippen LogP contribution in [0, 0.1) is 24.7 Å². The Balaban J connectivity index is 1.73. The molecule has 4 rings (SSSR count). The normalized spacial score (nSPS) is 17.7. The number of urea groups is 1. The third-order valence-electron chi connectivity index (χ3n) is 8.24. The van der Waals surface area contributed by atoms with Crippen LogP contribution in [0.5, 0.6) is 0 Å². The van der Waals surface area contributed by atoms with Crippen LogP contribution in [0.2, 0.25) is 0 Å². The van der Waals surface area contributed by atoms with E-state index in [1.807, 2.05) is 44.2 Å². The largest absolute Gasteiger partial charge is 0.346 e. The fraction of sp³-hybridized carbons (Fsp3) is 0.484. The zero-order valence-electron chi connectivity index (χ0n) is 25.7. The average molecular weight is 644 g/mol. The number of hydrogen-bond acceptors (Lipinski definition) is 9. The fourth-order valence-electron chi connectivity index (χ4n) is 5.83. The summed E-state index contributed by atoms with van der Waals surface area (Å²) >= 11 is 0. The first kappa shape index (κ1) is 34.0. The molecule has 4 N–H and O–H groups in total. The number of nitrogens with zero attached hydrogens (tertiary/aromatic N) is 2. The molecule has 45 heavy (non-hydrogen) atoms. The summed E-state index contributed by atoms with van der Waals surface area (Å²) in [6.45, 7) is 6.20. The third-order valence-corrected chi connectivity index (χ3v) is 9.43. The summed E-state index contributed by atoms with van der Waals surface area (Å²) in [5.74, 6) is -5.37. The van der Waals surface area contributed by atoms with E-state index in [0.717, 1.165) is 11.1 Å². The maximum absolute atomic E-state index is 14.5. The van der Waals surface area contributed by atoms with Gasteiger partial charge < -0.3 is 10.6 Å². The molecule has 2 aromatic rings. The van der Waals surface area contributed by atoms with E-state index in [9.17, 15) is 32.8 Å². The van der Waals surface area contributed by atoms with Crippen molar-refractivity contribution in [2.75, 3.05) is 13.1 Å². The molecule has 5 amide bonds. The van der Waals surface area contributed by atoms with E-state index >= 15 is 0 Å². The van der Waals surface area contributed by atoms with Gasteiger partial charge in [0, 0.05) is 0 Å². The van der Waals surface area contributed by atoms with E-state index in [-0.39, 0.29) is 41.7 Å². The van der Waals surface area contributed by atoms with Crippen molar-refractivity contribution in [3.63, 3.8) is 0 Å². The van der Waals surface area contributed by atoms with Crippen LogP contribution in [-0.2, 0) is 35.2 Å². The fourth-order valence-corrected chi connectivity index (χ4v) is 6.71. The van der Waals surface area contributed by atoms with E-state index in [1.54, 1.807) is 12.4 Å². The number of hydrazine groups is 1. The van der Waals surface area contributed by atoms with Crippen LogP contribution >= 0.6 is 0 Å². The van der Waals surface area contributed by atoms with Gasteiger partial charge in [-0.1, -0.05) is 67.0 Å². The van der Waals surface area contributed by atoms with Gasteiger partial charge in [-0.05, 0) is 82.2 Å². The van der Waals surface area contributed by atoms with Gasteiger partial charge in [0.15, 0.2) is 0 Å². The number of benzene rings is 2. The lowest BCUT2D eigenvalue weighted by Crippen LogP contribution is -2.57. The molecule has 2 fully saturated rings. The van der Waals surface area contributed by atoms with Crippen LogP contribution in [0.4, 0.5) is 4.79 Å². The monoisotopic (exact) mass is 643 g/mol. The van der Waals surface area contributed by atoms with Crippen molar-refractivity contribution in [2.45, 2.75) is 69.7 Å². The Bertz CT molecular complexity index is 1480. The summed E-state index contributed by atoms with van der Waals surface area (Å²) in [5.41, 5.74) is 2.06. The molecule has 2 atom stereocenters. The minimum absolute atomic E-state index is 0.0609. The summed E-state index contributed by atoms with van der Waals surface area (Å²) in [6.07, 6.45) is 1.65. The first-order chi connectivity index (χ1) is 21.4. The Kier molecular flexibility index (Phi) is 11.0. The van der Waals surface area contributed by atoms with Crippen molar-refractivity contribution < 1.29 is 37.1 Å². The van der Waals surface area contributed by atoms with Crippen molar-refractivity contribution in [3.05, 3.63) is 65.7 Å². The zero-order chi connectivity index (χ0) is 32.8. The lowest BCUT2D eigenvalue weighted by atomic mass is 9.81. The Morgan fingerprint density at radius 3 is 2.29 bits per heavy atom. The van der Waals surface area contributed by atoms with Gasteiger partial charge >= 0.3 is 16.1 Å². The van der Waals surface area contributed by atoms with E-state index in [2.05, 4.69) is 10.6 Å². The molecule has 2 aromatic carbocycles. The van der Waals surface area contributed by atoms with Gasteiger partial charge in [0.1, 0.15) is 5.54 Å². The van der Waals surface area contributed by atoms with Crippen molar-refractivity contribution in [3.8, 4) is 0 Å². The molecule has 14 heteroatoms. The quantitative estimate of drug-likeness (QED) is 0.145. The second kappa shape index (κ2) is 14.5. The van der Waals surface area contributed by atoms with Crippen molar-refractivity contribution in [1.82, 2.24) is 26.3 Å². The highest BCUT2D eigenvalue weighted by Crippen LogP contribution is 2.33. The van der Waals surface area contributed by atoms with Gasteiger partial charge in [-0.25, -0.2) is 10.3 Å². The van der Waals surface area contributed by atoms with E-state index in [0.29, 0.717) is 30.9 Å². The standard InChI is InChI=1S/C31H41N5O8S/c1-21(2)20-26(25(27(37)34-41)11-7-10-23-8-5-4-6-9-23)28(38)36(44-45(42,43)24-14-12-22(3)13-15-24)35-29(39)31(33-30(35)40)16-18-32-19-17-31/h4-6,8-9,12-15,21,25-26,32,41H,7,10-11,16-20H2,1-3H3,(H,33,40)(H,34,37)/t25-,26+/m0/s1. The molecular weight excluding hydrogens is 602 g/mol. The molecule has 0 aromatic heterocycles. The van der Waals surface area contributed by atoms with Crippen LogP contribution in [0.3, 0.4) is 0 Å². The highest BCUT2D eigenvalue weighted by molar-refractivity contribution is 7.86. The highest BCUT2D eigenvalue weighted by Gasteiger charge is 2.56. The lowest BCUT2D eigenvalue weighted by Gasteiger charge is -2.34. The maximum Gasteiger partial charge on any atom is 0.346 e. The van der Waals surface area contributed by atoms with Crippen LogP contribution < -0.4 is 16.1 Å². The number of nitrogens with one attached hydrogen (secondary N) is 3. The molecule has 2 aliphatic heterocycles. The van der Waals surface area contributed by atoms with Crippen molar-refractivity contribution >= 4 is 33.9 Å². The van der Waals surface area contributed by atoms with Crippen LogP contribution in [0.1, 0.15) is 57.1 Å². The SMILES string of the molecule is Cc1ccc(S(=O)(=O)ON(C(=O)[C@H](CC(C)C)[C@H](CCCc2ccccc2)C(=O)NO)N2C(=O)NC3(CCNCC3)C2=O)cc1. The number of rotatable bonds is 13. The summed E-state index contributed by atoms with van der Waals surface area (Å²) in [7, 11) is -4.75. The Morgan fingerprint density at radius 2 is 1.69 bits per heavy atom. The molecule has 2 heterocycles. The number of carbonyl (C=O) groups is 4. The Morgan fingerprint density at radius 1 is 1.04 bits per heavy atom. The van der Waals surface area contributed by atoms with Gasteiger partial charge in [0.25, 0.3) is 11.8 Å². The molecule has 2 aliphatic rings. The number of aryl methyl sites for hydroxylation is 2. The molecule has 13 nitrogen and oxygen atoms in total. The van der Waals surface area contributed by atoms with E-state index < -0.39 is 51.2 Å². The van der Waals surface area contributed by atoms with Gasteiger partial charge in [-0.3, -0.25) is 19.6 Å². The first-order valence-electron chi connectivity index (χ1n) is 15.1. The van der Waals surface area contributed by atoms with Gasteiger partial charge in [0.05, 0.1) is 16.7 Å². The minimum atomic E-state index is -4.75. The predicted molar refractivity (Wildman–Crippen MR) is 162 cm³/mol. The van der Waals surface area contributed by atoms with Crippen LogP contribution in [0.15, 0.2) is 59.5 Å². The predicted octanol–water partition coefficient (Wildman–Crippen LogP) is 2.84.